The topological polar surface area (TPSA) is 64.3 Å². The standard InChI is InChI=1S/C13H15F5N2O2/c1-12(15,16)6-10(11(19)21)20-7-13(17,18)22-9-4-2-8(14)3-5-9/h2-5,10,20H,6-7H2,1H3,(H2,19,21). The number of ether oxygens (including phenoxy) is 1. The van der Waals surface area contributed by atoms with E-state index in [1.807, 2.05) is 5.32 Å². The molecule has 0 bridgehead atoms. The highest BCUT2D eigenvalue weighted by Crippen LogP contribution is 2.23. The van der Waals surface area contributed by atoms with Crippen molar-refractivity contribution in [3.63, 3.8) is 0 Å². The summed E-state index contributed by atoms with van der Waals surface area (Å²) in [5.41, 5.74) is 4.88. The molecule has 9 heteroatoms. The summed E-state index contributed by atoms with van der Waals surface area (Å²) < 4.78 is 69.7. The molecule has 0 fully saturated rings. The first kappa shape index (κ1) is 18.1. The minimum absolute atomic E-state index is 0.315. The van der Waals surface area contributed by atoms with Gasteiger partial charge in [-0.25, -0.2) is 13.2 Å². The summed E-state index contributed by atoms with van der Waals surface area (Å²) in [5.74, 6) is -5.38. The summed E-state index contributed by atoms with van der Waals surface area (Å²) in [6, 6.07) is 2.16. The van der Waals surface area contributed by atoms with E-state index in [2.05, 4.69) is 4.74 Å². The number of hydrogen-bond acceptors (Lipinski definition) is 3. The van der Waals surface area contributed by atoms with E-state index in [1.54, 1.807) is 0 Å². The Morgan fingerprint density at radius 2 is 1.82 bits per heavy atom. The maximum absolute atomic E-state index is 13.5. The third kappa shape index (κ3) is 6.70. The van der Waals surface area contributed by atoms with Gasteiger partial charge in [0.1, 0.15) is 18.1 Å². The Hall–Kier alpha value is -1.90. The average Bonchev–Trinajstić information content (AvgIpc) is 2.35. The lowest BCUT2D eigenvalue weighted by Crippen LogP contribution is -2.49. The predicted octanol–water partition coefficient (Wildman–Crippen LogP) is 2.29. The van der Waals surface area contributed by atoms with Crippen LogP contribution in [-0.2, 0) is 4.79 Å². The summed E-state index contributed by atoms with van der Waals surface area (Å²) in [6.07, 6.45) is -4.82. The molecule has 0 saturated heterocycles. The SMILES string of the molecule is CC(F)(F)CC(NCC(F)(F)Oc1ccc(F)cc1)C(N)=O. The Kier molecular flexibility index (Phi) is 5.70. The highest BCUT2D eigenvalue weighted by atomic mass is 19.3. The fourth-order valence-corrected chi connectivity index (χ4v) is 1.58. The maximum atomic E-state index is 13.5. The van der Waals surface area contributed by atoms with Crippen LogP contribution >= 0.6 is 0 Å². The zero-order valence-electron chi connectivity index (χ0n) is 11.6. The van der Waals surface area contributed by atoms with Gasteiger partial charge < -0.3 is 10.5 Å². The Bertz CT molecular complexity index is 502. The minimum Gasteiger partial charge on any atom is -0.432 e. The number of nitrogens with one attached hydrogen (secondary N) is 1. The number of carbonyl (C=O) groups is 1. The molecule has 0 aromatic heterocycles. The number of halogens is 5. The van der Waals surface area contributed by atoms with E-state index in [0.29, 0.717) is 6.92 Å². The molecule has 1 aromatic rings. The van der Waals surface area contributed by atoms with Crippen molar-refractivity contribution < 1.29 is 31.5 Å². The van der Waals surface area contributed by atoms with Crippen molar-refractivity contribution in [1.82, 2.24) is 5.32 Å². The lowest BCUT2D eigenvalue weighted by Gasteiger charge is -2.23. The van der Waals surface area contributed by atoms with E-state index in [9.17, 15) is 26.7 Å². The molecule has 22 heavy (non-hydrogen) atoms. The highest BCUT2D eigenvalue weighted by molar-refractivity contribution is 5.79. The first-order chi connectivity index (χ1) is 9.98. The molecule has 0 aliphatic heterocycles. The van der Waals surface area contributed by atoms with Crippen LogP contribution in [-0.4, -0.2) is 30.5 Å². The van der Waals surface area contributed by atoms with Crippen LogP contribution in [0.3, 0.4) is 0 Å². The van der Waals surface area contributed by atoms with E-state index < -0.39 is 42.8 Å². The molecule has 3 N–H and O–H groups in total. The Labute approximate surface area is 123 Å². The van der Waals surface area contributed by atoms with Crippen molar-refractivity contribution in [1.29, 1.82) is 0 Å². The number of hydrogen-bond donors (Lipinski definition) is 2. The molecule has 0 aliphatic carbocycles. The third-order valence-electron chi connectivity index (χ3n) is 2.54. The molecule has 0 heterocycles. The molecule has 4 nitrogen and oxygen atoms in total. The van der Waals surface area contributed by atoms with Crippen LogP contribution < -0.4 is 15.8 Å². The second-order valence-electron chi connectivity index (χ2n) is 4.80. The number of carbonyl (C=O) groups excluding carboxylic acids is 1. The maximum Gasteiger partial charge on any atom is 0.410 e. The van der Waals surface area contributed by atoms with Crippen LogP contribution in [0.5, 0.6) is 5.75 Å². The van der Waals surface area contributed by atoms with Crippen LogP contribution in [0.2, 0.25) is 0 Å². The second kappa shape index (κ2) is 6.91. The predicted molar refractivity (Wildman–Crippen MR) is 68.2 cm³/mol. The van der Waals surface area contributed by atoms with Gasteiger partial charge in [-0.05, 0) is 31.2 Å². The van der Waals surface area contributed by atoms with Gasteiger partial charge in [-0.3, -0.25) is 10.1 Å². The van der Waals surface area contributed by atoms with Gasteiger partial charge in [0.05, 0.1) is 6.04 Å². The summed E-state index contributed by atoms with van der Waals surface area (Å²) >= 11 is 0. The molecule has 1 aromatic carbocycles. The normalized spacial score (nSPS) is 13.7. The lowest BCUT2D eigenvalue weighted by molar-refractivity contribution is -0.173. The zero-order valence-corrected chi connectivity index (χ0v) is 11.6. The molecular formula is C13H15F5N2O2. The smallest absolute Gasteiger partial charge is 0.410 e. The quantitative estimate of drug-likeness (QED) is 0.721. The molecule has 0 radical (unpaired) electrons. The number of nitrogens with two attached hydrogens (primary N) is 1. The largest absolute Gasteiger partial charge is 0.432 e. The average molecular weight is 326 g/mol. The summed E-state index contributed by atoms with van der Waals surface area (Å²) in [4.78, 5) is 11.0. The van der Waals surface area contributed by atoms with E-state index >= 15 is 0 Å². The van der Waals surface area contributed by atoms with E-state index in [4.69, 9.17) is 5.73 Å². The van der Waals surface area contributed by atoms with Crippen molar-refractivity contribution in [2.24, 2.45) is 5.73 Å². The molecule has 0 saturated carbocycles. The van der Waals surface area contributed by atoms with Crippen LogP contribution in [0.4, 0.5) is 22.0 Å². The summed E-state index contributed by atoms with van der Waals surface area (Å²) in [5, 5.41) is 1.94. The first-order valence-corrected chi connectivity index (χ1v) is 6.21. The molecule has 0 spiro atoms. The Morgan fingerprint density at radius 3 is 2.27 bits per heavy atom. The third-order valence-corrected chi connectivity index (χ3v) is 2.54. The highest BCUT2D eigenvalue weighted by Gasteiger charge is 2.36. The molecule has 1 rings (SSSR count). The van der Waals surface area contributed by atoms with Crippen molar-refractivity contribution in [3.05, 3.63) is 30.1 Å². The summed E-state index contributed by atoms with van der Waals surface area (Å²) in [7, 11) is 0. The molecule has 1 unspecified atom stereocenters. The first-order valence-electron chi connectivity index (χ1n) is 6.21. The summed E-state index contributed by atoms with van der Waals surface area (Å²) in [6.45, 7) is -0.675. The Morgan fingerprint density at radius 1 is 1.27 bits per heavy atom. The number of rotatable bonds is 8. The van der Waals surface area contributed by atoms with E-state index in [0.717, 1.165) is 24.3 Å². The van der Waals surface area contributed by atoms with Gasteiger partial charge in [0, 0.05) is 6.42 Å². The lowest BCUT2D eigenvalue weighted by atomic mass is 10.1. The van der Waals surface area contributed by atoms with Gasteiger partial charge >= 0.3 is 6.11 Å². The van der Waals surface area contributed by atoms with Crippen molar-refractivity contribution in [3.8, 4) is 5.75 Å². The van der Waals surface area contributed by atoms with Gasteiger partial charge in [0.2, 0.25) is 11.8 Å². The van der Waals surface area contributed by atoms with Gasteiger partial charge in [-0.15, -0.1) is 0 Å². The van der Waals surface area contributed by atoms with Crippen molar-refractivity contribution in [2.45, 2.75) is 31.4 Å². The van der Waals surface area contributed by atoms with E-state index in [-0.39, 0.29) is 5.75 Å². The fourth-order valence-electron chi connectivity index (χ4n) is 1.58. The van der Waals surface area contributed by atoms with Crippen LogP contribution in [0, 0.1) is 5.82 Å². The zero-order chi connectivity index (χ0) is 17.0. The molecule has 1 atom stereocenters. The van der Waals surface area contributed by atoms with Gasteiger partial charge in [0.25, 0.3) is 0 Å². The van der Waals surface area contributed by atoms with E-state index in [1.165, 1.54) is 0 Å². The second-order valence-corrected chi connectivity index (χ2v) is 4.80. The van der Waals surface area contributed by atoms with Crippen molar-refractivity contribution >= 4 is 5.91 Å². The van der Waals surface area contributed by atoms with Gasteiger partial charge in [-0.1, -0.05) is 0 Å². The number of primary amides is 1. The van der Waals surface area contributed by atoms with Gasteiger partial charge in [0.15, 0.2) is 0 Å². The van der Waals surface area contributed by atoms with Crippen molar-refractivity contribution in [2.75, 3.05) is 6.54 Å². The fraction of sp³-hybridized carbons (Fsp3) is 0.462. The molecule has 124 valence electrons. The monoisotopic (exact) mass is 326 g/mol. The molecular weight excluding hydrogens is 311 g/mol. The van der Waals surface area contributed by atoms with Crippen LogP contribution in [0.1, 0.15) is 13.3 Å². The Balaban J connectivity index is 2.62. The minimum atomic E-state index is -3.80. The number of alkyl halides is 4. The van der Waals surface area contributed by atoms with Crippen LogP contribution in [0.15, 0.2) is 24.3 Å². The molecule has 0 aliphatic rings. The van der Waals surface area contributed by atoms with Crippen LogP contribution in [0.25, 0.3) is 0 Å². The number of benzene rings is 1. The van der Waals surface area contributed by atoms with Gasteiger partial charge in [-0.2, -0.15) is 8.78 Å². The number of amides is 1. The molecule has 1 amide bonds.